The minimum Gasteiger partial charge on any atom is -0.493 e. The van der Waals surface area contributed by atoms with Crippen molar-refractivity contribution in [2.45, 2.75) is 11.8 Å². The maximum atomic E-state index is 13.0. The molecule has 0 aliphatic heterocycles. The Morgan fingerprint density at radius 3 is 2.08 bits per heavy atom. The van der Waals surface area contributed by atoms with Crippen LogP contribution < -0.4 is 23.8 Å². The van der Waals surface area contributed by atoms with Crippen molar-refractivity contribution in [3.8, 4) is 17.2 Å². The topological polar surface area (TPSA) is 120 Å². The zero-order chi connectivity index (χ0) is 27.0. The van der Waals surface area contributed by atoms with E-state index >= 15 is 0 Å². The first kappa shape index (κ1) is 27.3. The van der Waals surface area contributed by atoms with Gasteiger partial charge in [-0.1, -0.05) is 18.2 Å². The van der Waals surface area contributed by atoms with E-state index in [0.717, 1.165) is 0 Å². The van der Waals surface area contributed by atoms with Gasteiger partial charge in [-0.05, 0) is 43.3 Å². The van der Waals surface area contributed by atoms with E-state index < -0.39 is 21.9 Å². The molecule has 0 spiro atoms. The molecule has 0 aliphatic rings. The molecule has 0 unspecified atom stereocenters. The molecule has 10 nitrogen and oxygen atoms in total. The van der Waals surface area contributed by atoms with Crippen molar-refractivity contribution in [1.82, 2.24) is 0 Å². The highest BCUT2D eigenvalue weighted by atomic mass is 32.2. The number of amides is 1. The second-order valence-corrected chi connectivity index (χ2v) is 9.42. The average molecular weight is 529 g/mol. The van der Waals surface area contributed by atoms with E-state index in [1.165, 1.54) is 49.9 Å². The van der Waals surface area contributed by atoms with E-state index in [1.54, 1.807) is 49.4 Å². The Morgan fingerprint density at radius 2 is 1.51 bits per heavy atom. The molecule has 0 aliphatic carbocycles. The highest BCUT2D eigenvalue weighted by Gasteiger charge is 2.23. The highest BCUT2D eigenvalue weighted by Crippen LogP contribution is 2.34. The predicted octanol–water partition coefficient (Wildman–Crippen LogP) is 3.72. The zero-order valence-corrected chi connectivity index (χ0v) is 21.7. The van der Waals surface area contributed by atoms with Crippen LogP contribution in [0, 0.1) is 0 Å². The number of methoxy groups -OCH3 is 3. The van der Waals surface area contributed by atoms with Gasteiger partial charge in [-0.15, -0.1) is 0 Å². The SMILES string of the molecule is CCN(c1ccc(OCC(=O)Nc2cc(OC)c(OC)cc2C(=O)OC)cc1)S(=O)(=O)c1ccccc1. The Bertz CT molecular complexity index is 1340. The molecule has 0 saturated carbocycles. The van der Waals surface area contributed by atoms with Crippen molar-refractivity contribution < 1.29 is 37.0 Å². The summed E-state index contributed by atoms with van der Waals surface area (Å²) in [7, 11) is 0.347. The number of ether oxygens (including phenoxy) is 4. The summed E-state index contributed by atoms with van der Waals surface area (Å²) in [5.74, 6) is -0.241. The van der Waals surface area contributed by atoms with Gasteiger partial charge < -0.3 is 24.3 Å². The van der Waals surface area contributed by atoms with E-state index in [9.17, 15) is 18.0 Å². The quantitative estimate of drug-likeness (QED) is 0.374. The van der Waals surface area contributed by atoms with Crippen LogP contribution in [0.4, 0.5) is 11.4 Å². The Kier molecular flexibility index (Phi) is 8.96. The Hall–Kier alpha value is -4.25. The summed E-state index contributed by atoms with van der Waals surface area (Å²) in [5.41, 5.74) is 0.700. The second-order valence-electron chi connectivity index (χ2n) is 7.56. The van der Waals surface area contributed by atoms with Crippen LogP contribution in [0.2, 0.25) is 0 Å². The molecule has 3 aromatic rings. The molecule has 3 aromatic carbocycles. The third kappa shape index (κ3) is 6.31. The normalized spacial score (nSPS) is 10.8. The Balaban J connectivity index is 1.71. The molecule has 0 heterocycles. The molecule has 0 bridgehead atoms. The second kappa shape index (κ2) is 12.1. The lowest BCUT2D eigenvalue weighted by atomic mass is 10.1. The number of carbonyl (C=O) groups excluding carboxylic acids is 2. The predicted molar refractivity (Wildman–Crippen MR) is 138 cm³/mol. The maximum Gasteiger partial charge on any atom is 0.340 e. The van der Waals surface area contributed by atoms with Gasteiger partial charge in [0.25, 0.3) is 15.9 Å². The number of esters is 1. The molecular weight excluding hydrogens is 500 g/mol. The molecular formula is C26H28N2O8S. The molecule has 0 aromatic heterocycles. The van der Waals surface area contributed by atoms with Crippen molar-refractivity contribution in [2.24, 2.45) is 0 Å². The number of sulfonamides is 1. The Labute approximate surface area is 215 Å². The molecule has 0 radical (unpaired) electrons. The van der Waals surface area contributed by atoms with Crippen LogP contribution in [0.3, 0.4) is 0 Å². The number of hydrogen-bond donors (Lipinski definition) is 1. The molecule has 11 heteroatoms. The smallest absolute Gasteiger partial charge is 0.340 e. The first-order valence-electron chi connectivity index (χ1n) is 11.2. The number of hydrogen-bond acceptors (Lipinski definition) is 8. The standard InChI is InChI=1S/C26H28N2O8S/c1-5-28(37(31,32)20-9-7-6-8-10-20)18-11-13-19(14-12-18)36-17-25(29)27-22-16-24(34-3)23(33-2)15-21(22)26(30)35-4/h6-16H,5,17H2,1-4H3,(H,27,29). The molecule has 0 fully saturated rings. The monoisotopic (exact) mass is 528 g/mol. The summed E-state index contributed by atoms with van der Waals surface area (Å²) in [6.45, 7) is 1.60. The molecule has 3 rings (SSSR count). The van der Waals surface area contributed by atoms with Crippen LogP contribution >= 0.6 is 0 Å². The molecule has 1 amide bonds. The summed E-state index contributed by atoms with van der Waals surface area (Å²) in [6, 6.07) is 17.4. The number of rotatable bonds is 11. The van der Waals surface area contributed by atoms with Gasteiger partial charge in [0, 0.05) is 18.7 Å². The fraction of sp³-hybridized carbons (Fsp3) is 0.231. The average Bonchev–Trinajstić information content (AvgIpc) is 2.92. The van der Waals surface area contributed by atoms with Gasteiger partial charge in [0.15, 0.2) is 18.1 Å². The molecule has 0 saturated heterocycles. The third-order valence-corrected chi connectivity index (χ3v) is 7.23. The van der Waals surface area contributed by atoms with Crippen molar-refractivity contribution in [3.63, 3.8) is 0 Å². The van der Waals surface area contributed by atoms with Gasteiger partial charge >= 0.3 is 5.97 Å². The van der Waals surface area contributed by atoms with Crippen LogP contribution in [-0.4, -0.2) is 54.8 Å². The lowest BCUT2D eigenvalue weighted by molar-refractivity contribution is -0.118. The van der Waals surface area contributed by atoms with Crippen molar-refractivity contribution in [2.75, 3.05) is 44.1 Å². The Morgan fingerprint density at radius 1 is 0.892 bits per heavy atom. The number of carbonyl (C=O) groups is 2. The fourth-order valence-corrected chi connectivity index (χ4v) is 5.01. The summed E-state index contributed by atoms with van der Waals surface area (Å²) < 4.78 is 48.1. The van der Waals surface area contributed by atoms with Crippen LogP contribution in [-0.2, 0) is 19.6 Å². The first-order chi connectivity index (χ1) is 17.7. The minimum atomic E-state index is -3.73. The van der Waals surface area contributed by atoms with Crippen LogP contribution in [0.25, 0.3) is 0 Å². The van der Waals surface area contributed by atoms with E-state index in [-0.39, 0.29) is 29.3 Å². The number of anilines is 2. The van der Waals surface area contributed by atoms with Crippen LogP contribution in [0.5, 0.6) is 17.2 Å². The molecule has 196 valence electrons. The van der Waals surface area contributed by atoms with Crippen molar-refractivity contribution in [3.05, 3.63) is 72.3 Å². The minimum absolute atomic E-state index is 0.0807. The third-order valence-electron chi connectivity index (χ3n) is 5.32. The number of nitrogens with one attached hydrogen (secondary N) is 1. The lowest BCUT2D eigenvalue weighted by Crippen LogP contribution is -2.30. The number of nitrogens with zero attached hydrogens (tertiary/aromatic N) is 1. The van der Waals surface area contributed by atoms with Gasteiger partial charge in [-0.2, -0.15) is 0 Å². The van der Waals surface area contributed by atoms with Gasteiger partial charge in [-0.3, -0.25) is 9.10 Å². The lowest BCUT2D eigenvalue weighted by Gasteiger charge is -2.23. The van der Waals surface area contributed by atoms with Gasteiger partial charge in [-0.25, -0.2) is 13.2 Å². The van der Waals surface area contributed by atoms with E-state index in [2.05, 4.69) is 5.32 Å². The van der Waals surface area contributed by atoms with E-state index in [1.807, 2.05) is 0 Å². The van der Waals surface area contributed by atoms with E-state index in [4.69, 9.17) is 18.9 Å². The molecule has 0 atom stereocenters. The molecule has 1 N–H and O–H groups in total. The summed E-state index contributed by atoms with van der Waals surface area (Å²) in [6.07, 6.45) is 0. The maximum absolute atomic E-state index is 13.0. The van der Waals surface area contributed by atoms with Gasteiger partial charge in [0.1, 0.15) is 5.75 Å². The summed E-state index contributed by atoms with van der Waals surface area (Å²) in [4.78, 5) is 24.9. The fourth-order valence-electron chi connectivity index (χ4n) is 3.52. The summed E-state index contributed by atoms with van der Waals surface area (Å²) >= 11 is 0. The van der Waals surface area contributed by atoms with Gasteiger partial charge in [0.05, 0.1) is 43.2 Å². The number of benzene rings is 3. The molecule has 37 heavy (non-hydrogen) atoms. The first-order valence-corrected chi connectivity index (χ1v) is 12.6. The van der Waals surface area contributed by atoms with Gasteiger partial charge in [0.2, 0.25) is 0 Å². The largest absolute Gasteiger partial charge is 0.493 e. The van der Waals surface area contributed by atoms with E-state index in [0.29, 0.717) is 22.9 Å². The van der Waals surface area contributed by atoms with Crippen molar-refractivity contribution >= 4 is 33.3 Å². The summed E-state index contributed by atoms with van der Waals surface area (Å²) in [5, 5.41) is 2.61. The van der Waals surface area contributed by atoms with Crippen LogP contribution in [0.15, 0.2) is 71.6 Å². The highest BCUT2D eigenvalue weighted by molar-refractivity contribution is 7.92. The van der Waals surface area contributed by atoms with Crippen LogP contribution in [0.1, 0.15) is 17.3 Å². The van der Waals surface area contributed by atoms with Crippen molar-refractivity contribution in [1.29, 1.82) is 0 Å². The zero-order valence-electron chi connectivity index (χ0n) is 20.9.